The number of rotatable bonds is 21. The number of imidazole rings is 1. The molecular weight excluding hydrogens is 557 g/mol. The van der Waals surface area contributed by atoms with Crippen LogP contribution in [-0.2, 0) is 33.1 Å². The fourth-order valence-electron chi connectivity index (χ4n) is 4.81. The first kappa shape index (κ1) is 33.8. The van der Waals surface area contributed by atoms with Crippen molar-refractivity contribution in [3.63, 3.8) is 0 Å². The standard InChI is InChI=1S/C28H46N2O6S3/c1-3-4-5-6-7-8-9-10-11-12-13-14-15-16-23(37)21-24-26(39(34,35)36)19-18-25-28(24)30-27(29-25)20-17-22(2)38(31,32)33/h18-19,22H,3-17,20-21H2,1-2H3,(H,29,30)(H,31,32,33)(H,34,35,36). The maximum absolute atomic E-state index is 12.1. The monoisotopic (exact) mass is 602 g/mol. The molecule has 0 aliphatic carbocycles. The van der Waals surface area contributed by atoms with E-state index in [-0.39, 0.29) is 24.2 Å². The first-order valence-electron chi connectivity index (χ1n) is 14.4. The minimum atomic E-state index is -4.48. The Balaban J connectivity index is 1.85. The third-order valence-corrected chi connectivity index (χ3v) is 9.81. The van der Waals surface area contributed by atoms with Gasteiger partial charge in [-0.25, -0.2) is 4.98 Å². The van der Waals surface area contributed by atoms with Gasteiger partial charge in [-0.3, -0.25) is 9.11 Å². The van der Waals surface area contributed by atoms with Gasteiger partial charge in [0.2, 0.25) is 0 Å². The number of hydrogen-bond acceptors (Lipinski definition) is 6. The van der Waals surface area contributed by atoms with Crippen LogP contribution < -0.4 is 0 Å². The van der Waals surface area contributed by atoms with Gasteiger partial charge in [-0.15, -0.1) is 0 Å². The highest BCUT2D eigenvalue weighted by Crippen LogP contribution is 2.27. The number of H-pyrrole nitrogens is 1. The zero-order valence-corrected chi connectivity index (χ0v) is 25.9. The summed E-state index contributed by atoms with van der Waals surface area (Å²) in [5, 5.41) is -0.952. The van der Waals surface area contributed by atoms with Gasteiger partial charge in [0.05, 0.1) is 21.2 Å². The second kappa shape index (κ2) is 16.8. The fourth-order valence-corrected chi connectivity index (χ4v) is 6.23. The van der Waals surface area contributed by atoms with Crippen LogP contribution in [0, 0.1) is 0 Å². The number of aromatic amines is 1. The highest BCUT2D eigenvalue weighted by molar-refractivity contribution is 7.86. The van der Waals surface area contributed by atoms with Crippen molar-refractivity contribution in [2.24, 2.45) is 0 Å². The Hall–Kier alpha value is -1.40. The third-order valence-electron chi connectivity index (χ3n) is 7.27. The molecule has 0 spiro atoms. The van der Waals surface area contributed by atoms with E-state index in [0.717, 1.165) is 19.3 Å². The second-order valence-corrected chi connectivity index (χ2v) is 14.5. The van der Waals surface area contributed by atoms with Crippen molar-refractivity contribution in [3.05, 3.63) is 23.5 Å². The molecule has 2 aromatic rings. The Morgan fingerprint density at radius 1 is 0.897 bits per heavy atom. The molecular formula is C28H46N2O6S3. The van der Waals surface area contributed by atoms with Gasteiger partial charge < -0.3 is 4.98 Å². The van der Waals surface area contributed by atoms with E-state index in [2.05, 4.69) is 16.9 Å². The maximum Gasteiger partial charge on any atom is 0.294 e. The van der Waals surface area contributed by atoms with E-state index >= 15 is 0 Å². The summed E-state index contributed by atoms with van der Waals surface area (Å²) in [7, 11) is -8.63. The summed E-state index contributed by atoms with van der Waals surface area (Å²) in [4.78, 5) is 8.07. The van der Waals surface area contributed by atoms with Crippen molar-refractivity contribution in [1.82, 2.24) is 9.97 Å². The summed E-state index contributed by atoms with van der Waals surface area (Å²) in [6.45, 7) is 3.65. The van der Waals surface area contributed by atoms with Crippen LogP contribution in [0.15, 0.2) is 17.0 Å². The molecule has 1 aromatic heterocycles. The second-order valence-electron chi connectivity index (χ2n) is 10.7. The van der Waals surface area contributed by atoms with Gasteiger partial charge in [0, 0.05) is 18.4 Å². The maximum atomic E-state index is 12.1. The van der Waals surface area contributed by atoms with Crippen molar-refractivity contribution in [2.75, 3.05) is 0 Å². The fraction of sp³-hybridized carbons (Fsp3) is 0.714. The van der Waals surface area contributed by atoms with E-state index < -0.39 is 25.5 Å². The lowest BCUT2D eigenvalue weighted by molar-refractivity contribution is 0.465. The predicted octanol–water partition coefficient (Wildman–Crippen LogP) is 7.41. The molecule has 3 N–H and O–H groups in total. The largest absolute Gasteiger partial charge is 0.342 e. The van der Waals surface area contributed by atoms with Crippen LogP contribution in [0.2, 0.25) is 0 Å². The van der Waals surface area contributed by atoms with Gasteiger partial charge in [0.1, 0.15) is 5.82 Å². The van der Waals surface area contributed by atoms with Crippen LogP contribution in [0.5, 0.6) is 0 Å². The molecule has 0 fully saturated rings. The smallest absolute Gasteiger partial charge is 0.294 e. The van der Waals surface area contributed by atoms with Crippen molar-refractivity contribution in [3.8, 4) is 0 Å². The Bertz CT molecular complexity index is 1260. The molecule has 11 heteroatoms. The van der Waals surface area contributed by atoms with Crippen LogP contribution in [0.25, 0.3) is 11.0 Å². The average Bonchev–Trinajstić information content (AvgIpc) is 3.28. The summed E-state index contributed by atoms with van der Waals surface area (Å²) in [5.41, 5.74) is 1.32. The van der Waals surface area contributed by atoms with Crippen molar-refractivity contribution in [2.45, 2.75) is 133 Å². The van der Waals surface area contributed by atoms with Gasteiger partial charge in [-0.05, 0) is 43.2 Å². The first-order chi connectivity index (χ1) is 18.4. The van der Waals surface area contributed by atoms with Gasteiger partial charge in [-0.1, -0.05) is 96.2 Å². The SMILES string of the molecule is CCCCCCCCCCCCCCCC(=S)Cc1c(S(=O)(=O)O)ccc2[nH]c(CCC(C)S(=O)(=O)O)nc12. The van der Waals surface area contributed by atoms with Gasteiger partial charge in [-0.2, -0.15) is 16.8 Å². The summed E-state index contributed by atoms with van der Waals surface area (Å²) < 4.78 is 65.8. The lowest BCUT2D eigenvalue weighted by Gasteiger charge is -2.09. The van der Waals surface area contributed by atoms with Crippen molar-refractivity contribution < 1.29 is 25.9 Å². The Labute approximate surface area is 240 Å². The molecule has 0 saturated heterocycles. The Morgan fingerprint density at radius 3 is 1.95 bits per heavy atom. The lowest BCUT2D eigenvalue weighted by Crippen LogP contribution is -2.17. The quantitative estimate of drug-likeness (QED) is 0.0763. The number of hydrogen-bond donors (Lipinski definition) is 3. The molecule has 8 nitrogen and oxygen atoms in total. The average molecular weight is 603 g/mol. The van der Waals surface area contributed by atoms with E-state index in [4.69, 9.17) is 12.2 Å². The molecule has 2 rings (SSSR count). The van der Waals surface area contributed by atoms with E-state index in [9.17, 15) is 25.9 Å². The molecule has 0 bridgehead atoms. The van der Waals surface area contributed by atoms with Gasteiger partial charge >= 0.3 is 0 Å². The molecule has 1 aromatic carbocycles. The number of nitrogens with one attached hydrogen (secondary N) is 1. The third kappa shape index (κ3) is 12.3. The van der Waals surface area contributed by atoms with Crippen LogP contribution in [0.3, 0.4) is 0 Å². The number of benzene rings is 1. The molecule has 1 unspecified atom stereocenters. The van der Waals surface area contributed by atoms with Crippen molar-refractivity contribution in [1.29, 1.82) is 0 Å². The zero-order valence-electron chi connectivity index (χ0n) is 23.5. The summed E-state index contributed by atoms with van der Waals surface area (Å²) in [6.07, 6.45) is 17.7. The van der Waals surface area contributed by atoms with Gasteiger partial charge in [0.15, 0.2) is 0 Å². The minimum absolute atomic E-state index is 0.149. The van der Waals surface area contributed by atoms with E-state index in [0.29, 0.717) is 33.7 Å². The normalized spacial score (nSPS) is 13.2. The summed E-state index contributed by atoms with van der Waals surface area (Å²) >= 11 is 5.59. The summed E-state index contributed by atoms with van der Waals surface area (Å²) in [6, 6.07) is 2.86. The number of nitrogens with zero attached hydrogens (tertiary/aromatic N) is 1. The summed E-state index contributed by atoms with van der Waals surface area (Å²) in [5.74, 6) is 0.469. The highest BCUT2D eigenvalue weighted by Gasteiger charge is 2.22. The lowest BCUT2D eigenvalue weighted by atomic mass is 10.0. The molecule has 0 aliphatic rings. The topological polar surface area (TPSA) is 137 Å². The molecule has 0 aliphatic heterocycles. The van der Waals surface area contributed by atoms with Crippen LogP contribution in [0.4, 0.5) is 0 Å². The zero-order chi connectivity index (χ0) is 28.9. The number of aryl methyl sites for hydroxylation is 1. The molecule has 222 valence electrons. The predicted molar refractivity (Wildman–Crippen MR) is 162 cm³/mol. The highest BCUT2D eigenvalue weighted by atomic mass is 32.2. The van der Waals surface area contributed by atoms with Crippen molar-refractivity contribution >= 4 is 48.4 Å². The number of thiocarbonyl (C=S) groups is 1. The molecule has 0 saturated carbocycles. The minimum Gasteiger partial charge on any atom is -0.342 e. The van der Waals surface area contributed by atoms with Crippen LogP contribution >= 0.6 is 12.2 Å². The Morgan fingerprint density at radius 2 is 1.44 bits per heavy atom. The van der Waals surface area contributed by atoms with E-state index in [1.807, 2.05) is 0 Å². The van der Waals surface area contributed by atoms with E-state index in [1.54, 1.807) is 0 Å². The van der Waals surface area contributed by atoms with Gasteiger partial charge in [0.25, 0.3) is 20.2 Å². The Kier molecular flexibility index (Phi) is 14.5. The van der Waals surface area contributed by atoms with E-state index in [1.165, 1.54) is 83.3 Å². The number of unbranched alkanes of at least 4 members (excludes halogenated alkanes) is 12. The first-order valence-corrected chi connectivity index (χ1v) is 17.7. The molecule has 0 radical (unpaired) electrons. The molecule has 1 heterocycles. The molecule has 1 atom stereocenters. The molecule has 0 amide bonds. The molecule has 39 heavy (non-hydrogen) atoms. The number of fused-ring (bicyclic) bond motifs is 1. The van der Waals surface area contributed by atoms with Crippen LogP contribution in [0.1, 0.15) is 122 Å². The number of aromatic nitrogens is 2. The van der Waals surface area contributed by atoms with Crippen LogP contribution in [-0.4, -0.2) is 46.0 Å².